The number of nitrogens with zero attached hydrogens (tertiary/aromatic N) is 1. The molecule has 2 aliphatic rings. The minimum absolute atomic E-state index is 0.0118. The van der Waals surface area contributed by atoms with E-state index in [2.05, 4.69) is 14.9 Å². The van der Waals surface area contributed by atoms with Crippen LogP contribution >= 0.6 is 0 Å². The Hall–Kier alpha value is -1.11. The number of hydrogen-bond acceptors (Lipinski definition) is 4. The average Bonchev–Trinajstić information content (AvgIpc) is 2.46. The van der Waals surface area contributed by atoms with Crippen molar-refractivity contribution in [3.63, 3.8) is 0 Å². The van der Waals surface area contributed by atoms with Crippen molar-refractivity contribution in [1.82, 2.24) is 9.62 Å². The van der Waals surface area contributed by atoms with Crippen LogP contribution < -0.4 is 10.0 Å². The molecule has 2 heterocycles. The van der Waals surface area contributed by atoms with Crippen LogP contribution in [0.15, 0.2) is 23.1 Å². The van der Waals surface area contributed by atoms with Crippen LogP contribution in [0.5, 0.6) is 0 Å². The van der Waals surface area contributed by atoms with Gasteiger partial charge in [-0.25, -0.2) is 13.1 Å². The molecule has 1 aromatic rings. The van der Waals surface area contributed by atoms with Crippen molar-refractivity contribution in [1.29, 1.82) is 0 Å². The van der Waals surface area contributed by atoms with Crippen LogP contribution in [0.4, 0.5) is 5.69 Å². The predicted molar refractivity (Wildman–Crippen MR) is 84.1 cm³/mol. The Bertz CT molecular complexity index is 615. The van der Waals surface area contributed by atoms with Gasteiger partial charge in [0.2, 0.25) is 10.0 Å². The third-order valence-corrected chi connectivity index (χ3v) is 5.79. The van der Waals surface area contributed by atoms with Crippen molar-refractivity contribution in [3.8, 4) is 0 Å². The quantitative estimate of drug-likeness (QED) is 0.886. The van der Waals surface area contributed by atoms with Crippen molar-refractivity contribution in [2.24, 2.45) is 0 Å². The van der Waals surface area contributed by atoms with E-state index in [1.165, 1.54) is 5.56 Å². The first-order valence-electron chi connectivity index (χ1n) is 7.62. The molecular weight excluding hydrogens is 286 g/mol. The van der Waals surface area contributed by atoms with Gasteiger partial charge in [-0.1, -0.05) is 6.07 Å². The normalized spacial score (nSPS) is 23.4. The summed E-state index contributed by atoms with van der Waals surface area (Å²) in [7, 11) is -1.40. The van der Waals surface area contributed by atoms with E-state index in [1.54, 1.807) is 12.1 Å². The van der Waals surface area contributed by atoms with Gasteiger partial charge in [0, 0.05) is 24.8 Å². The molecular formula is C15H23N3O2S. The lowest BCUT2D eigenvalue weighted by Gasteiger charge is -2.30. The topological polar surface area (TPSA) is 61.4 Å². The number of aryl methyl sites for hydroxylation is 1. The smallest absolute Gasteiger partial charge is 0.240 e. The van der Waals surface area contributed by atoms with Crippen LogP contribution in [0.3, 0.4) is 0 Å². The molecule has 0 aromatic heterocycles. The summed E-state index contributed by atoms with van der Waals surface area (Å²) >= 11 is 0. The molecule has 2 aliphatic heterocycles. The molecule has 21 heavy (non-hydrogen) atoms. The third kappa shape index (κ3) is 3.39. The molecule has 1 unspecified atom stereocenters. The first-order valence-corrected chi connectivity index (χ1v) is 9.10. The Balaban J connectivity index is 1.78. The van der Waals surface area contributed by atoms with Gasteiger partial charge in [-0.05, 0) is 57.0 Å². The fourth-order valence-electron chi connectivity index (χ4n) is 3.16. The van der Waals surface area contributed by atoms with Gasteiger partial charge in [0.25, 0.3) is 0 Å². The summed E-state index contributed by atoms with van der Waals surface area (Å²) in [6.07, 6.45) is 4.07. The lowest BCUT2D eigenvalue weighted by atomic mass is 10.0. The van der Waals surface area contributed by atoms with Gasteiger partial charge >= 0.3 is 0 Å². The number of rotatable bonds is 3. The van der Waals surface area contributed by atoms with E-state index in [0.717, 1.165) is 51.0 Å². The zero-order valence-electron chi connectivity index (χ0n) is 12.4. The van der Waals surface area contributed by atoms with Crippen molar-refractivity contribution in [3.05, 3.63) is 23.8 Å². The van der Waals surface area contributed by atoms with Crippen LogP contribution in [0.1, 0.15) is 24.8 Å². The molecule has 6 heteroatoms. The molecule has 116 valence electrons. The number of likely N-dealkylation sites (tertiary alicyclic amines) is 1. The van der Waals surface area contributed by atoms with Gasteiger partial charge < -0.3 is 10.2 Å². The van der Waals surface area contributed by atoms with Crippen LogP contribution in [0.2, 0.25) is 0 Å². The minimum Gasteiger partial charge on any atom is -0.385 e. The van der Waals surface area contributed by atoms with E-state index in [-0.39, 0.29) is 6.04 Å². The molecule has 0 radical (unpaired) electrons. The maximum absolute atomic E-state index is 12.5. The van der Waals surface area contributed by atoms with Gasteiger partial charge in [0.1, 0.15) is 0 Å². The standard InChI is InChI=1S/C15H23N3O2S/c1-18-9-3-5-13(11-18)17-21(19,20)14-7-6-12-4-2-8-16-15(12)10-14/h6-7,10,13,16-17H,2-5,8-9,11H2,1H3. The summed E-state index contributed by atoms with van der Waals surface area (Å²) in [5.41, 5.74) is 2.17. The first-order chi connectivity index (χ1) is 10.0. The second kappa shape index (κ2) is 5.94. The molecule has 5 nitrogen and oxygen atoms in total. The van der Waals surface area contributed by atoms with Crippen LogP contribution in [-0.4, -0.2) is 46.0 Å². The molecule has 1 aromatic carbocycles. The number of fused-ring (bicyclic) bond motifs is 1. The first kappa shape index (κ1) is 14.8. The zero-order valence-corrected chi connectivity index (χ0v) is 13.2. The lowest BCUT2D eigenvalue weighted by molar-refractivity contribution is 0.242. The number of anilines is 1. The van der Waals surface area contributed by atoms with Gasteiger partial charge in [0.05, 0.1) is 4.90 Å². The van der Waals surface area contributed by atoms with Crippen molar-refractivity contribution in [2.45, 2.75) is 36.6 Å². The highest BCUT2D eigenvalue weighted by Crippen LogP contribution is 2.25. The average molecular weight is 309 g/mol. The number of benzene rings is 1. The molecule has 0 bridgehead atoms. The van der Waals surface area contributed by atoms with Crippen molar-refractivity contribution >= 4 is 15.7 Å². The molecule has 0 aliphatic carbocycles. The predicted octanol–water partition coefficient (Wildman–Crippen LogP) is 1.42. The Morgan fingerprint density at radius 3 is 3.00 bits per heavy atom. The van der Waals surface area contributed by atoms with E-state index in [9.17, 15) is 8.42 Å². The SMILES string of the molecule is CN1CCCC(NS(=O)(=O)c2ccc3c(c2)NCCC3)C1. The van der Waals surface area contributed by atoms with Crippen molar-refractivity contribution < 1.29 is 8.42 Å². The molecule has 0 spiro atoms. The summed E-state index contributed by atoms with van der Waals surface area (Å²) in [5.74, 6) is 0. The summed E-state index contributed by atoms with van der Waals surface area (Å²) in [6.45, 7) is 2.74. The fourth-order valence-corrected chi connectivity index (χ4v) is 4.44. The van der Waals surface area contributed by atoms with E-state index in [1.807, 2.05) is 13.1 Å². The maximum Gasteiger partial charge on any atom is 0.240 e. The highest BCUT2D eigenvalue weighted by atomic mass is 32.2. The molecule has 0 amide bonds. The van der Waals surface area contributed by atoms with Crippen LogP contribution in [-0.2, 0) is 16.4 Å². The van der Waals surface area contributed by atoms with E-state index in [4.69, 9.17) is 0 Å². The summed E-state index contributed by atoms with van der Waals surface area (Å²) in [6, 6.07) is 5.44. The van der Waals surface area contributed by atoms with Gasteiger partial charge in [-0.2, -0.15) is 0 Å². The fraction of sp³-hybridized carbons (Fsp3) is 0.600. The Labute approximate surface area is 126 Å². The monoisotopic (exact) mass is 309 g/mol. The maximum atomic E-state index is 12.5. The molecule has 0 saturated carbocycles. The van der Waals surface area contributed by atoms with Gasteiger partial charge in [-0.15, -0.1) is 0 Å². The summed E-state index contributed by atoms with van der Waals surface area (Å²) < 4.78 is 27.9. The lowest BCUT2D eigenvalue weighted by Crippen LogP contribution is -2.46. The highest BCUT2D eigenvalue weighted by Gasteiger charge is 2.24. The molecule has 1 atom stereocenters. The number of nitrogens with one attached hydrogen (secondary N) is 2. The molecule has 1 fully saturated rings. The Morgan fingerprint density at radius 1 is 1.33 bits per heavy atom. The number of sulfonamides is 1. The number of likely N-dealkylation sites (N-methyl/N-ethyl adjacent to an activating group) is 1. The van der Waals surface area contributed by atoms with E-state index < -0.39 is 10.0 Å². The van der Waals surface area contributed by atoms with Crippen LogP contribution in [0, 0.1) is 0 Å². The second-order valence-electron chi connectivity index (χ2n) is 6.07. The van der Waals surface area contributed by atoms with E-state index in [0.29, 0.717) is 4.90 Å². The Kier molecular flexibility index (Phi) is 4.19. The number of hydrogen-bond donors (Lipinski definition) is 2. The molecule has 1 saturated heterocycles. The molecule has 3 rings (SSSR count). The largest absolute Gasteiger partial charge is 0.385 e. The second-order valence-corrected chi connectivity index (χ2v) is 7.79. The number of piperidine rings is 1. The summed E-state index contributed by atoms with van der Waals surface area (Å²) in [5, 5.41) is 3.29. The van der Waals surface area contributed by atoms with Gasteiger partial charge in [-0.3, -0.25) is 0 Å². The van der Waals surface area contributed by atoms with Crippen molar-refractivity contribution in [2.75, 3.05) is 32.0 Å². The third-order valence-electron chi connectivity index (χ3n) is 4.28. The Morgan fingerprint density at radius 2 is 2.19 bits per heavy atom. The van der Waals surface area contributed by atoms with Crippen LogP contribution in [0.25, 0.3) is 0 Å². The van der Waals surface area contributed by atoms with Gasteiger partial charge in [0.15, 0.2) is 0 Å². The van der Waals surface area contributed by atoms with E-state index >= 15 is 0 Å². The molecule has 2 N–H and O–H groups in total. The summed E-state index contributed by atoms with van der Waals surface area (Å²) in [4.78, 5) is 2.54. The highest BCUT2D eigenvalue weighted by molar-refractivity contribution is 7.89. The zero-order chi connectivity index (χ0) is 14.9. The minimum atomic E-state index is -3.43.